The van der Waals surface area contributed by atoms with Crippen LogP contribution in [0.4, 0.5) is 5.13 Å². The molecule has 2 aromatic heterocycles. The second-order valence-electron chi connectivity index (χ2n) is 8.55. The highest BCUT2D eigenvalue weighted by Gasteiger charge is 2.50. The maximum absolute atomic E-state index is 13.0. The van der Waals surface area contributed by atoms with Crippen molar-refractivity contribution in [3.8, 4) is 0 Å². The third kappa shape index (κ3) is 5.54. The number of carbonyl (C=O) groups is 4. The summed E-state index contributed by atoms with van der Waals surface area (Å²) >= 11 is 2.27. The summed E-state index contributed by atoms with van der Waals surface area (Å²) in [5, 5.41) is 24.3. The highest BCUT2D eigenvalue weighted by atomic mass is 32.2. The molecule has 2 aliphatic rings. The lowest BCUT2D eigenvalue weighted by Crippen LogP contribution is -2.69. The first kappa shape index (κ1) is 26.0. The topological polar surface area (TPSA) is 201 Å². The van der Waals surface area contributed by atoms with Crippen LogP contribution in [0.25, 0.3) is 0 Å². The lowest BCUT2D eigenvalue weighted by Gasteiger charge is -2.47. The predicted octanol–water partition coefficient (Wildman–Crippen LogP) is -0.326. The van der Waals surface area contributed by atoms with Gasteiger partial charge in [-0.05, 0) is 13.8 Å². The Labute approximate surface area is 218 Å². The van der Waals surface area contributed by atoms with Gasteiger partial charge >= 0.3 is 11.9 Å². The van der Waals surface area contributed by atoms with Crippen molar-refractivity contribution in [2.45, 2.75) is 37.4 Å². The summed E-state index contributed by atoms with van der Waals surface area (Å²) < 4.78 is 5.74. The Bertz CT molecular complexity index is 1320. The van der Waals surface area contributed by atoms with Gasteiger partial charge in [0.2, 0.25) is 17.1 Å². The van der Waals surface area contributed by atoms with Gasteiger partial charge in [-0.15, -0.1) is 11.8 Å². The molecule has 2 aromatic rings. The number of aromatic nitrogens is 3. The molecular formula is C21H22N7O7S2+. The Morgan fingerprint density at radius 2 is 2.03 bits per heavy atom. The van der Waals surface area contributed by atoms with Gasteiger partial charge in [-0.25, -0.2) is 14.2 Å². The van der Waals surface area contributed by atoms with E-state index in [-0.39, 0.29) is 27.8 Å². The number of aliphatic carboxylic acids is 1. The van der Waals surface area contributed by atoms with Gasteiger partial charge in [0, 0.05) is 41.2 Å². The van der Waals surface area contributed by atoms with E-state index in [9.17, 15) is 24.3 Å². The van der Waals surface area contributed by atoms with Crippen LogP contribution in [-0.2, 0) is 25.8 Å². The van der Waals surface area contributed by atoms with Gasteiger partial charge in [-0.3, -0.25) is 9.59 Å². The minimum Gasteiger partial charge on any atom is -0.478 e. The monoisotopic (exact) mass is 548 g/mol. The van der Waals surface area contributed by atoms with E-state index < -0.39 is 35.2 Å². The molecule has 2 atom stereocenters. The Hall–Kier alpha value is -4.05. The van der Waals surface area contributed by atoms with E-state index in [0.717, 1.165) is 17.1 Å². The number of hydrogen-bond acceptors (Lipinski definition) is 11. The molecule has 1 fully saturated rings. The summed E-state index contributed by atoms with van der Waals surface area (Å²) in [6.07, 6.45) is 5.02. The molecule has 14 nitrogen and oxygen atoms in total. The zero-order chi connectivity index (χ0) is 26.9. The summed E-state index contributed by atoms with van der Waals surface area (Å²) in [6.45, 7) is 2.97. The highest BCUT2D eigenvalue weighted by molar-refractivity contribution is 8.00. The van der Waals surface area contributed by atoms with Crippen molar-refractivity contribution in [2.75, 3.05) is 11.5 Å². The number of nitrogen functional groups attached to an aromatic ring is 1. The molecule has 4 rings (SSSR count). The molecule has 16 heteroatoms. The number of rotatable bonds is 9. The second kappa shape index (κ2) is 10.1. The average Bonchev–Trinajstić information content (AvgIpc) is 3.28. The fraction of sp³-hybridized carbons (Fsp3) is 0.333. The van der Waals surface area contributed by atoms with Crippen LogP contribution in [0.2, 0.25) is 0 Å². The molecule has 5 N–H and O–H groups in total. The number of nitrogens with one attached hydrogen (secondary N) is 1. The molecule has 194 valence electrons. The van der Waals surface area contributed by atoms with Crippen molar-refractivity contribution in [1.29, 1.82) is 0 Å². The normalized spacial score (nSPS) is 19.4. The van der Waals surface area contributed by atoms with Crippen molar-refractivity contribution in [1.82, 2.24) is 19.6 Å². The molecule has 0 saturated carbocycles. The molecule has 1 unspecified atom stereocenters. The number of carbonyl (C=O) groups excluding carboxylic acids is 2. The van der Waals surface area contributed by atoms with Crippen molar-refractivity contribution < 1.29 is 38.8 Å². The Morgan fingerprint density at radius 3 is 2.62 bits per heavy atom. The number of carboxylic acid groups (broad SMARTS) is 2. The molecule has 0 spiro atoms. The molecule has 2 aliphatic heterocycles. The first-order valence-corrected chi connectivity index (χ1v) is 12.5. The van der Waals surface area contributed by atoms with Crippen molar-refractivity contribution in [3.05, 3.63) is 47.7 Å². The summed E-state index contributed by atoms with van der Waals surface area (Å²) in [6, 6.07) is 2.13. The Morgan fingerprint density at radius 1 is 1.32 bits per heavy atom. The second-order valence-corrected chi connectivity index (χ2v) is 10.4. The third-order valence-corrected chi connectivity index (χ3v) is 7.32. The molecule has 1 saturated heterocycles. The van der Waals surface area contributed by atoms with Gasteiger partial charge in [0.15, 0.2) is 24.1 Å². The number of fused-ring (bicyclic) bond motifs is 1. The first-order chi connectivity index (χ1) is 17.5. The quantitative estimate of drug-likeness (QED) is 0.138. The number of nitrogens with zero attached hydrogens (tertiary/aromatic N) is 5. The number of thioether (sulfide) groups is 1. The third-order valence-electron chi connectivity index (χ3n) is 5.40. The largest absolute Gasteiger partial charge is 0.478 e. The average molecular weight is 549 g/mol. The molecule has 0 bridgehead atoms. The Balaban J connectivity index is 1.44. The van der Waals surface area contributed by atoms with Gasteiger partial charge in [0.05, 0.1) is 5.56 Å². The van der Waals surface area contributed by atoms with E-state index in [0.29, 0.717) is 12.3 Å². The van der Waals surface area contributed by atoms with Crippen LogP contribution < -0.4 is 15.6 Å². The van der Waals surface area contributed by atoms with E-state index in [4.69, 9.17) is 15.7 Å². The SMILES string of the molecule is CC(C)(O/N=C(\C(=O)NC1C(=O)N2C=C(C[n+]3ccc(C(=O)O)cc3)CS[C@H]12)c1nsc(N)n1)C(=O)O. The van der Waals surface area contributed by atoms with Crippen LogP contribution in [-0.4, -0.2) is 76.7 Å². The smallest absolute Gasteiger partial charge is 0.350 e. The number of nitrogens with two attached hydrogens (primary N) is 1. The van der Waals surface area contributed by atoms with Crippen LogP contribution in [0, 0.1) is 0 Å². The summed E-state index contributed by atoms with van der Waals surface area (Å²) in [4.78, 5) is 58.7. The minimum absolute atomic E-state index is 0.0647. The zero-order valence-electron chi connectivity index (χ0n) is 19.5. The van der Waals surface area contributed by atoms with Gasteiger partial charge in [-0.1, -0.05) is 5.16 Å². The van der Waals surface area contributed by atoms with E-state index in [2.05, 4.69) is 19.8 Å². The molecule has 0 radical (unpaired) electrons. The number of pyridine rings is 1. The number of hydrogen-bond donors (Lipinski definition) is 4. The fourth-order valence-electron chi connectivity index (χ4n) is 3.31. The maximum Gasteiger partial charge on any atom is 0.350 e. The van der Waals surface area contributed by atoms with E-state index in [1.54, 1.807) is 23.2 Å². The number of oxime groups is 1. The lowest BCUT2D eigenvalue weighted by molar-refractivity contribution is -0.689. The molecular weight excluding hydrogens is 526 g/mol. The van der Waals surface area contributed by atoms with Crippen LogP contribution in [0.1, 0.15) is 30.0 Å². The molecule has 4 heterocycles. The van der Waals surface area contributed by atoms with Crippen molar-refractivity contribution >= 4 is 57.9 Å². The number of anilines is 1. The number of aromatic carboxylic acids is 1. The van der Waals surface area contributed by atoms with Crippen LogP contribution in [0.15, 0.2) is 41.5 Å². The first-order valence-electron chi connectivity index (χ1n) is 10.7. The highest BCUT2D eigenvalue weighted by Crippen LogP contribution is 2.36. The van der Waals surface area contributed by atoms with E-state index in [1.165, 1.54) is 42.6 Å². The van der Waals surface area contributed by atoms with Crippen LogP contribution in [0.5, 0.6) is 0 Å². The van der Waals surface area contributed by atoms with Crippen molar-refractivity contribution in [3.63, 3.8) is 0 Å². The summed E-state index contributed by atoms with van der Waals surface area (Å²) in [5.74, 6) is -3.05. The molecule has 37 heavy (non-hydrogen) atoms. The van der Waals surface area contributed by atoms with Gasteiger partial charge in [0.1, 0.15) is 11.4 Å². The van der Waals surface area contributed by atoms with Crippen LogP contribution >= 0.6 is 23.3 Å². The molecule has 0 aliphatic carbocycles. The number of amides is 2. The van der Waals surface area contributed by atoms with Gasteiger partial charge in [0.25, 0.3) is 11.8 Å². The molecule has 0 aromatic carbocycles. The van der Waals surface area contributed by atoms with Crippen molar-refractivity contribution in [2.24, 2.45) is 5.16 Å². The lowest BCUT2D eigenvalue weighted by atomic mass is 10.1. The maximum atomic E-state index is 13.0. The van der Waals surface area contributed by atoms with Gasteiger partial charge < -0.3 is 31.0 Å². The van der Waals surface area contributed by atoms with Gasteiger partial charge in [-0.2, -0.15) is 9.36 Å². The summed E-state index contributed by atoms with van der Waals surface area (Å²) in [7, 11) is 0. The number of β-lactam (4-membered cyclic amide) rings is 1. The minimum atomic E-state index is -1.73. The predicted molar refractivity (Wildman–Crippen MR) is 130 cm³/mol. The van der Waals surface area contributed by atoms with Crippen LogP contribution in [0.3, 0.4) is 0 Å². The standard InChI is InChI=1S/C21H21N7O7S2/c1-21(2,19(33)34)35-25-12(14-24-20(22)37-26-14)15(29)23-13-16(30)28-8-10(9-36-17(13)28)7-27-5-3-11(4-6-27)18(31)32/h3-6,8,13,17H,7,9H2,1-2H3,(H4-,22,23,24,26,29,31,32,33,34)/p+1/b25-12-/t13?,17-/m1/s1. The summed E-state index contributed by atoms with van der Waals surface area (Å²) in [5.41, 5.74) is 4.57. The Kier molecular flexibility index (Phi) is 7.13. The fourth-order valence-corrected chi connectivity index (χ4v) is 5.00. The van der Waals surface area contributed by atoms with E-state index >= 15 is 0 Å². The zero-order valence-corrected chi connectivity index (χ0v) is 21.2. The number of carboxylic acids is 2. The van der Waals surface area contributed by atoms with E-state index in [1.807, 2.05) is 0 Å². The molecule has 2 amide bonds.